The molecule has 2 heteroatoms. The summed E-state index contributed by atoms with van der Waals surface area (Å²) in [5, 5.41) is 9.17. The lowest BCUT2D eigenvalue weighted by Gasteiger charge is -2.14. The molecule has 0 unspecified atom stereocenters. The fraction of sp³-hybridized carbons (Fsp3) is 0.944. The van der Waals surface area contributed by atoms with Crippen LogP contribution in [-0.4, -0.2) is 11.1 Å². The molecule has 0 saturated carbocycles. The SMILES string of the molecule is CCCCCCCCCCCC[C@H](CC(C)C)C(=O)O. The van der Waals surface area contributed by atoms with Gasteiger partial charge in [-0.25, -0.2) is 0 Å². The number of carboxylic acids is 1. The zero-order valence-corrected chi connectivity index (χ0v) is 14.0. The second-order valence-electron chi connectivity index (χ2n) is 6.64. The maximum absolute atomic E-state index is 11.1. The highest BCUT2D eigenvalue weighted by Gasteiger charge is 2.17. The summed E-state index contributed by atoms with van der Waals surface area (Å²) in [5.41, 5.74) is 0. The van der Waals surface area contributed by atoms with E-state index in [0.717, 1.165) is 19.3 Å². The average molecular weight is 284 g/mol. The number of rotatable bonds is 14. The van der Waals surface area contributed by atoms with Crippen molar-refractivity contribution in [2.45, 2.75) is 97.8 Å². The van der Waals surface area contributed by atoms with Crippen LogP contribution < -0.4 is 0 Å². The normalized spacial score (nSPS) is 12.8. The van der Waals surface area contributed by atoms with Crippen LogP contribution in [0.4, 0.5) is 0 Å². The van der Waals surface area contributed by atoms with Gasteiger partial charge in [-0.05, 0) is 18.8 Å². The van der Waals surface area contributed by atoms with Crippen LogP contribution in [0.2, 0.25) is 0 Å². The minimum Gasteiger partial charge on any atom is -0.481 e. The van der Waals surface area contributed by atoms with Gasteiger partial charge in [0.05, 0.1) is 5.92 Å². The molecule has 0 radical (unpaired) electrons. The van der Waals surface area contributed by atoms with Crippen molar-refractivity contribution in [2.75, 3.05) is 0 Å². The standard InChI is InChI=1S/C18H36O2/c1-4-5-6-7-8-9-10-11-12-13-14-17(18(19)20)15-16(2)3/h16-17H,4-15H2,1-3H3,(H,19,20)/t17-/m1/s1. The van der Waals surface area contributed by atoms with Gasteiger partial charge in [0.1, 0.15) is 0 Å². The summed E-state index contributed by atoms with van der Waals surface area (Å²) in [4.78, 5) is 11.1. The van der Waals surface area contributed by atoms with E-state index in [-0.39, 0.29) is 5.92 Å². The Morgan fingerprint density at radius 1 is 0.850 bits per heavy atom. The minimum atomic E-state index is -0.602. The Balaban J connectivity index is 3.39. The molecule has 0 bridgehead atoms. The second-order valence-corrected chi connectivity index (χ2v) is 6.64. The summed E-state index contributed by atoms with van der Waals surface area (Å²) >= 11 is 0. The van der Waals surface area contributed by atoms with Crippen LogP contribution in [0.5, 0.6) is 0 Å². The predicted octanol–water partition coefficient (Wildman–Crippen LogP) is 6.04. The van der Waals surface area contributed by atoms with Gasteiger partial charge in [-0.2, -0.15) is 0 Å². The maximum atomic E-state index is 11.1. The predicted molar refractivity (Wildman–Crippen MR) is 87.0 cm³/mol. The van der Waals surface area contributed by atoms with Crippen molar-refractivity contribution in [1.82, 2.24) is 0 Å². The molecule has 2 nitrogen and oxygen atoms in total. The molecule has 1 atom stereocenters. The molecule has 0 aliphatic heterocycles. The van der Waals surface area contributed by atoms with Gasteiger partial charge in [0, 0.05) is 0 Å². The van der Waals surface area contributed by atoms with Crippen molar-refractivity contribution in [1.29, 1.82) is 0 Å². The van der Waals surface area contributed by atoms with Gasteiger partial charge in [-0.15, -0.1) is 0 Å². The van der Waals surface area contributed by atoms with E-state index < -0.39 is 5.97 Å². The van der Waals surface area contributed by atoms with E-state index >= 15 is 0 Å². The van der Waals surface area contributed by atoms with Crippen LogP contribution in [0.25, 0.3) is 0 Å². The minimum absolute atomic E-state index is 0.121. The molecular formula is C18H36O2. The van der Waals surface area contributed by atoms with Crippen LogP contribution in [-0.2, 0) is 4.79 Å². The lowest BCUT2D eigenvalue weighted by molar-refractivity contribution is -0.142. The number of aliphatic carboxylic acids is 1. The zero-order valence-electron chi connectivity index (χ0n) is 14.0. The van der Waals surface area contributed by atoms with Crippen LogP contribution in [0.15, 0.2) is 0 Å². The molecule has 0 fully saturated rings. The highest BCUT2D eigenvalue weighted by Crippen LogP contribution is 2.20. The van der Waals surface area contributed by atoms with E-state index in [1.54, 1.807) is 0 Å². The summed E-state index contributed by atoms with van der Waals surface area (Å²) in [6.45, 7) is 6.46. The third-order valence-electron chi connectivity index (χ3n) is 4.01. The summed E-state index contributed by atoms with van der Waals surface area (Å²) in [7, 11) is 0. The quantitative estimate of drug-likeness (QED) is 0.394. The lowest BCUT2D eigenvalue weighted by atomic mass is 9.92. The van der Waals surface area contributed by atoms with Gasteiger partial charge in [0.25, 0.3) is 0 Å². The van der Waals surface area contributed by atoms with Crippen molar-refractivity contribution in [3.63, 3.8) is 0 Å². The van der Waals surface area contributed by atoms with Crippen LogP contribution >= 0.6 is 0 Å². The van der Waals surface area contributed by atoms with Gasteiger partial charge in [-0.1, -0.05) is 85.0 Å². The number of carbonyl (C=O) groups is 1. The molecule has 0 rings (SSSR count). The van der Waals surface area contributed by atoms with Crippen LogP contribution in [0.1, 0.15) is 97.8 Å². The molecule has 0 aliphatic carbocycles. The highest BCUT2D eigenvalue weighted by atomic mass is 16.4. The first-order chi connectivity index (χ1) is 9.57. The Hall–Kier alpha value is -0.530. The first kappa shape index (κ1) is 19.5. The Kier molecular flexibility index (Phi) is 13.1. The van der Waals surface area contributed by atoms with Gasteiger partial charge in [0.2, 0.25) is 0 Å². The first-order valence-electron chi connectivity index (χ1n) is 8.80. The molecule has 120 valence electrons. The van der Waals surface area contributed by atoms with Crippen molar-refractivity contribution in [3.8, 4) is 0 Å². The number of carboxylic acid groups (broad SMARTS) is 1. The molecule has 0 heterocycles. The van der Waals surface area contributed by atoms with Crippen LogP contribution in [0, 0.1) is 11.8 Å². The Morgan fingerprint density at radius 3 is 1.70 bits per heavy atom. The fourth-order valence-electron chi connectivity index (χ4n) is 2.79. The maximum Gasteiger partial charge on any atom is 0.306 e. The number of unbranched alkanes of at least 4 members (excludes halogenated alkanes) is 9. The van der Waals surface area contributed by atoms with E-state index in [4.69, 9.17) is 5.11 Å². The zero-order chi connectivity index (χ0) is 15.2. The molecule has 0 aromatic carbocycles. The van der Waals surface area contributed by atoms with Crippen molar-refractivity contribution in [2.24, 2.45) is 11.8 Å². The first-order valence-corrected chi connectivity index (χ1v) is 8.80. The second kappa shape index (κ2) is 13.5. The molecule has 0 aromatic heterocycles. The van der Waals surface area contributed by atoms with E-state index in [1.807, 2.05) is 0 Å². The number of hydrogen-bond acceptors (Lipinski definition) is 1. The summed E-state index contributed by atoms with van der Waals surface area (Å²) in [6, 6.07) is 0. The Bertz CT molecular complexity index is 223. The Morgan fingerprint density at radius 2 is 1.30 bits per heavy atom. The van der Waals surface area contributed by atoms with Gasteiger partial charge in [-0.3, -0.25) is 4.79 Å². The van der Waals surface area contributed by atoms with E-state index in [2.05, 4.69) is 20.8 Å². The van der Waals surface area contributed by atoms with Crippen molar-refractivity contribution < 1.29 is 9.90 Å². The average Bonchev–Trinajstić information content (AvgIpc) is 2.39. The van der Waals surface area contributed by atoms with Crippen molar-refractivity contribution >= 4 is 5.97 Å². The van der Waals surface area contributed by atoms with E-state index in [0.29, 0.717) is 5.92 Å². The summed E-state index contributed by atoms with van der Waals surface area (Å²) in [5.74, 6) is -0.238. The highest BCUT2D eigenvalue weighted by molar-refractivity contribution is 5.69. The Labute approximate surface area is 126 Å². The third kappa shape index (κ3) is 12.5. The van der Waals surface area contributed by atoms with Gasteiger partial charge >= 0.3 is 5.97 Å². The molecule has 1 N–H and O–H groups in total. The van der Waals surface area contributed by atoms with Gasteiger partial charge in [0.15, 0.2) is 0 Å². The molecule has 0 spiro atoms. The molecule has 0 saturated heterocycles. The molecule has 20 heavy (non-hydrogen) atoms. The van der Waals surface area contributed by atoms with Gasteiger partial charge < -0.3 is 5.11 Å². The lowest BCUT2D eigenvalue weighted by Crippen LogP contribution is -2.15. The largest absolute Gasteiger partial charge is 0.481 e. The van der Waals surface area contributed by atoms with Crippen LogP contribution in [0.3, 0.4) is 0 Å². The smallest absolute Gasteiger partial charge is 0.306 e. The number of hydrogen-bond donors (Lipinski definition) is 1. The molecular weight excluding hydrogens is 248 g/mol. The molecule has 0 amide bonds. The monoisotopic (exact) mass is 284 g/mol. The third-order valence-corrected chi connectivity index (χ3v) is 4.01. The molecule has 0 aromatic rings. The summed E-state index contributed by atoms with van der Waals surface area (Å²) < 4.78 is 0. The molecule has 0 aliphatic rings. The van der Waals surface area contributed by atoms with E-state index in [1.165, 1.54) is 57.8 Å². The van der Waals surface area contributed by atoms with E-state index in [9.17, 15) is 4.79 Å². The topological polar surface area (TPSA) is 37.3 Å². The summed E-state index contributed by atoms with van der Waals surface area (Å²) in [6.07, 6.45) is 14.8. The fourth-order valence-corrected chi connectivity index (χ4v) is 2.79. The van der Waals surface area contributed by atoms with Crippen molar-refractivity contribution in [3.05, 3.63) is 0 Å².